The Morgan fingerprint density at radius 2 is 1.95 bits per heavy atom. The molecule has 4 nitrogen and oxygen atoms in total. The number of alkyl halides is 2. The molecule has 108 valence electrons. The molecule has 0 amide bonds. The quantitative estimate of drug-likeness (QED) is 0.815. The van der Waals surface area contributed by atoms with Crippen LogP contribution >= 0.6 is 0 Å². The highest BCUT2D eigenvalue weighted by molar-refractivity contribution is 5.27. The Balaban J connectivity index is 1.89. The van der Waals surface area contributed by atoms with Crippen LogP contribution in [0.5, 0.6) is 5.75 Å². The summed E-state index contributed by atoms with van der Waals surface area (Å²) in [5.74, 6) is 0.958. The van der Waals surface area contributed by atoms with Crippen molar-refractivity contribution in [2.75, 3.05) is 7.05 Å². The summed E-state index contributed by atoms with van der Waals surface area (Å²) in [7, 11) is 1.95. The predicted molar refractivity (Wildman–Crippen MR) is 69.5 cm³/mol. The average Bonchev–Trinajstić information content (AvgIpc) is 2.76. The van der Waals surface area contributed by atoms with E-state index in [9.17, 15) is 8.78 Å². The van der Waals surface area contributed by atoms with Crippen LogP contribution in [0.1, 0.15) is 17.0 Å². The van der Waals surface area contributed by atoms with E-state index in [2.05, 4.69) is 9.89 Å². The largest absolute Gasteiger partial charge is 0.435 e. The third-order valence-corrected chi connectivity index (χ3v) is 2.70. The van der Waals surface area contributed by atoms with Gasteiger partial charge < -0.3 is 9.26 Å². The lowest BCUT2D eigenvalue weighted by molar-refractivity contribution is -0.0498. The number of rotatable bonds is 6. The molecule has 0 bridgehead atoms. The Morgan fingerprint density at radius 1 is 1.25 bits per heavy atom. The molecule has 1 aromatic heterocycles. The number of nitrogens with zero attached hydrogens (tertiary/aromatic N) is 2. The van der Waals surface area contributed by atoms with Crippen molar-refractivity contribution in [3.8, 4) is 5.75 Å². The minimum absolute atomic E-state index is 0.164. The zero-order valence-electron chi connectivity index (χ0n) is 11.3. The van der Waals surface area contributed by atoms with Gasteiger partial charge in [0, 0.05) is 12.6 Å². The van der Waals surface area contributed by atoms with Gasteiger partial charge in [-0.1, -0.05) is 17.3 Å². The minimum atomic E-state index is -2.79. The smallest absolute Gasteiger partial charge is 0.387 e. The third-order valence-electron chi connectivity index (χ3n) is 2.70. The van der Waals surface area contributed by atoms with Crippen molar-refractivity contribution in [3.63, 3.8) is 0 Å². The van der Waals surface area contributed by atoms with Crippen molar-refractivity contribution in [1.82, 2.24) is 10.1 Å². The van der Waals surface area contributed by atoms with Gasteiger partial charge in [0.25, 0.3) is 0 Å². The molecule has 2 aromatic rings. The Labute approximate surface area is 115 Å². The molecule has 6 heteroatoms. The van der Waals surface area contributed by atoms with Crippen molar-refractivity contribution in [3.05, 3.63) is 47.3 Å². The molecule has 0 spiro atoms. The van der Waals surface area contributed by atoms with Gasteiger partial charge in [-0.15, -0.1) is 0 Å². The number of aryl methyl sites for hydroxylation is 1. The Hall–Kier alpha value is -1.95. The van der Waals surface area contributed by atoms with E-state index in [0.29, 0.717) is 13.1 Å². The highest BCUT2D eigenvalue weighted by Crippen LogP contribution is 2.16. The Kier molecular flexibility index (Phi) is 4.68. The number of aromatic nitrogens is 1. The van der Waals surface area contributed by atoms with Crippen LogP contribution in [0, 0.1) is 6.92 Å². The van der Waals surface area contributed by atoms with Crippen LogP contribution in [0.2, 0.25) is 0 Å². The van der Waals surface area contributed by atoms with Gasteiger partial charge in [-0.3, -0.25) is 4.90 Å². The monoisotopic (exact) mass is 282 g/mol. The summed E-state index contributed by atoms with van der Waals surface area (Å²) in [4.78, 5) is 2.04. The number of hydrogen-bond acceptors (Lipinski definition) is 4. The maximum absolute atomic E-state index is 12.0. The van der Waals surface area contributed by atoms with Crippen LogP contribution in [-0.4, -0.2) is 23.7 Å². The standard InChI is InChI=1S/C14H16F2N2O2/c1-10-7-13(20-17-10)9-18(2)8-11-3-5-12(6-4-11)19-14(15)16/h3-7,14H,8-9H2,1-2H3. The molecule has 1 heterocycles. The van der Waals surface area contributed by atoms with E-state index in [1.807, 2.05) is 24.9 Å². The van der Waals surface area contributed by atoms with Crippen LogP contribution in [0.3, 0.4) is 0 Å². The molecule has 0 radical (unpaired) electrons. The van der Waals surface area contributed by atoms with Crippen molar-refractivity contribution in [1.29, 1.82) is 0 Å². The van der Waals surface area contributed by atoms with E-state index >= 15 is 0 Å². The lowest BCUT2D eigenvalue weighted by atomic mass is 10.2. The second-order valence-electron chi connectivity index (χ2n) is 4.63. The summed E-state index contributed by atoms with van der Waals surface area (Å²) in [5.41, 5.74) is 1.85. The zero-order valence-corrected chi connectivity index (χ0v) is 11.3. The molecule has 0 unspecified atom stereocenters. The molecule has 0 atom stereocenters. The van der Waals surface area contributed by atoms with Crippen LogP contribution in [0.25, 0.3) is 0 Å². The molecule has 0 aliphatic heterocycles. The minimum Gasteiger partial charge on any atom is -0.435 e. The van der Waals surface area contributed by atoms with Gasteiger partial charge >= 0.3 is 6.61 Å². The van der Waals surface area contributed by atoms with E-state index in [4.69, 9.17) is 4.52 Å². The lowest BCUT2D eigenvalue weighted by Gasteiger charge is -2.15. The van der Waals surface area contributed by atoms with Gasteiger partial charge in [0.15, 0.2) is 5.76 Å². The van der Waals surface area contributed by atoms with Crippen molar-refractivity contribution >= 4 is 0 Å². The normalized spacial score (nSPS) is 11.3. The molecule has 2 rings (SSSR count). The van der Waals surface area contributed by atoms with Crippen molar-refractivity contribution < 1.29 is 18.0 Å². The van der Waals surface area contributed by atoms with Crippen molar-refractivity contribution in [2.45, 2.75) is 26.6 Å². The molecule has 20 heavy (non-hydrogen) atoms. The highest BCUT2D eigenvalue weighted by Gasteiger charge is 2.07. The molecular formula is C14H16F2N2O2. The topological polar surface area (TPSA) is 38.5 Å². The summed E-state index contributed by atoms with van der Waals surface area (Å²) in [6.07, 6.45) is 0. The van der Waals surface area contributed by atoms with E-state index in [0.717, 1.165) is 17.0 Å². The van der Waals surface area contributed by atoms with Crippen molar-refractivity contribution in [2.24, 2.45) is 0 Å². The van der Waals surface area contributed by atoms with E-state index in [1.165, 1.54) is 12.1 Å². The fraction of sp³-hybridized carbons (Fsp3) is 0.357. The fourth-order valence-corrected chi connectivity index (χ4v) is 1.90. The first kappa shape index (κ1) is 14.5. The van der Waals surface area contributed by atoms with Gasteiger partial charge in [0.2, 0.25) is 0 Å². The molecule has 1 aromatic carbocycles. The number of hydrogen-bond donors (Lipinski definition) is 0. The summed E-state index contributed by atoms with van der Waals surface area (Å²) in [5, 5.41) is 3.83. The SMILES string of the molecule is Cc1cc(CN(C)Cc2ccc(OC(F)F)cc2)on1. The Morgan fingerprint density at radius 3 is 2.50 bits per heavy atom. The van der Waals surface area contributed by atoms with Crippen LogP contribution < -0.4 is 4.74 Å². The van der Waals surface area contributed by atoms with Crippen LogP contribution in [0.4, 0.5) is 8.78 Å². The average molecular weight is 282 g/mol. The molecule has 0 fully saturated rings. The molecular weight excluding hydrogens is 266 g/mol. The van der Waals surface area contributed by atoms with Gasteiger partial charge in [-0.2, -0.15) is 8.78 Å². The number of benzene rings is 1. The summed E-state index contributed by atoms with van der Waals surface area (Å²) in [6, 6.07) is 8.48. The van der Waals surface area contributed by atoms with E-state index in [-0.39, 0.29) is 5.75 Å². The number of halogens is 2. The molecule has 0 saturated carbocycles. The second-order valence-corrected chi connectivity index (χ2v) is 4.63. The van der Waals surface area contributed by atoms with Gasteiger partial charge in [0.05, 0.1) is 12.2 Å². The first-order valence-corrected chi connectivity index (χ1v) is 6.17. The summed E-state index contributed by atoms with van der Waals surface area (Å²) < 4.78 is 33.5. The first-order valence-electron chi connectivity index (χ1n) is 6.17. The van der Waals surface area contributed by atoms with Crippen LogP contribution in [0.15, 0.2) is 34.9 Å². The van der Waals surface area contributed by atoms with E-state index < -0.39 is 6.61 Å². The lowest BCUT2D eigenvalue weighted by Crippen LogP contribution is -2.16. The van der Waals surface area contributed by atoms with E-state index in [1.54, 1.807) is 12.1 Å². The second kappa shape index (κ2) is 6.47. The Bertz CT molecular complexity index is 540. The third kappa shape index (κ3) is 4.31. The van der Waals surface area contributed by atoms with Gasteiger partial charge in [-0.05, 0) is 31.7 Å². The molecule has 0 aliphatic carbocycles. The molecule has 0 aliphatic rings. The molecule has 0 N–H and O–H groups in total. The van der Waals surface area contributed by atoms with Crippen LogP contribution in [-0.2, 0) is 13.1 Å². The van der Waals surface area contributed by atoms with Gasteiger partial charge in [0.1, 0.15) is 5.75 Å². The zero-order chi connectivity index (χ0) is 14.5. The summed E-state index contributed by atoms with van der Waals surface area (Å²) >= 11 is 0. The first-order chi connectivity index (χ1) is 9.52. The molecule has 0 saturated heterocycles. The predicted octanol–water partition coefficient (Wildman–Crippen LogP) is 3.22. The number of ether oxygens (including phenoxy) is 1. The highest BCUT2D eigenvalue weighted by atomic mass is 19.3. The maximum atomic E-state index is 12.0. The fourth-order valence-electron chi connectivity index (χ4n) is 1.90. The summed E-state index contributed by atoms with van der Waals surface area (Å²) in [6.45, 7) is 0.387. The maximum Gasteiger partial charge on any atom is 0.387 e. The van der Waals surface area contributed by atoms with Gasteiger partial charge in [-0.25, -0.2) is 0 Å².